The third-order valence-corrected chi connectivity index (χ3v) is 7.38. The van der Waals surface area contributed by atoms with E-state index in [-0.39, 0.29) is 0 Å². The van der Waals surface area contributed by atoms with Crippen LogP contribution in [0.3, 0.4) is 0 Å². The molecule has 0 aromatic heterocycles. The Morgan fingerprint density at radius 3 is 2.20 bits per heavy atom. The quantitative estimate of drug-likeness (QED) is 0.343. The number of hydrogen-bond donors (Lipinski definition) is 0. The maximum absolute atomic E-state index is 11.2. The van der Waals surface area contributed by atoms with Crippen molar-refractivity contribution in [3.63, 3.8) is 0 Å². The first-order valence-electron chi connectivity index (χ1n) is 4.83. The standard InChI is InChI=1S/C9H13Cl3O2Si/c1-2-8(13)14-9(15(10,11)12)6-4-3-5-7-9/h2H,1,3-7H2. The molecule has 0 bridgehead atoms. The number of hydrogen-bond acceptors (Lipinski definition) is 2. The molecule has 1 aliphatic rings. The molecule has 0 radical (unpaired) electrons. The summed E-state index contributed by atoms with van der Waals surface area (Å²) in [6.07, 6.45) is 5.38. The van der Waals surface area contributed by atoms with Gasteiger partial charge in [-0.05, 0) is 25.7 Å². The van der Waals surface area contributed by atoms with Crippen molar-refractivity contribution in [3.05, 3.63) is 12.7 Å². The zero-order valence-corrected chi connectivity index (χ0v) is 11.5. The van der Waals surface area contributed by atoms with Crippen LogP contribution < -0.4 is 0 Å². The van der Waals surface area contributed by atoms with E-state index in [4.69, 9.17) is 38.0 Å². The SMILES string of the molecule is C=CC(=O)OC1([Si](Cl)(Cl)Cl)CCCCC1. The van der Waals surface area contributed by atoms with Gasteiger partial charge in [0.15, 0.2) is 0 Å². The van der Waals surface area contributed by atoms with Gasteiger partial charge in [-0.2, -0.15) is 0 Å². The Hall–Kier alpha value is 0.297. The average Bonchev–Trinajstić information content (AvgIpc) is 2.17. The highest BCUT2D eigenvalue weighted by atomic mass is 35.8. The highest BCUT2D eigenvalue weighted by Crippen LogP contribution is 2.45. The number of halogens is 3. The zero-order chi connectivity index (χ0) is 11.5. The fourth-order valence-electron chi connectivity index (χ4n) is 1.80. The second-order valence-corrected chi connectivity index (χ2v) is 12.4. The van der Waals surface area contributed by atoms with Gasteiger partial charge in [0, 0.05) is 6.08 Å². The Morgan fingerprint density at radius 1 is 1.27 bits per heavy atom. The number of esters is 1. The van der Waals surface area contributed by atoms with E-state index in [1.807, 2.05) is 0 Å². The molecular formula is C9H13Cl3O2Si. The first-order valence-corrected chi connectivity index (χ1v) is 9.87. The Balaban J connectivity index is 2.85. The summed E-state index contributed by atoms with van der Waals surface area (Å²) < 4.78 is 5.30. The summed E-state index contributed by atoms with van der Waals surface area (Å²) in [7, 11) is 0. The van der Waals surface area contributed by atoms with Gasteiger partial charge in [0.25, 0.3) is 0 Å². The molecule has 1 rings (SSSR count). The van der Waals surface area contributed by atoms with Crippen LogP contribution in [-0.2, 0) is 9.53 Å². The van der Waals surface area contributed by atoms with Crippen LogP contribution in [-0.4, -0.2) is 17.2 Å². The Kier molecular flexibility index (Phi) is 4.53. The maximum atomic E-state index is 11.2. The third-order valence-electron chi connectivity index (χ3n) is 2.64. The normalized spacial score (nSPS) is 20.7. The van der Waals surface area contributed by atoms with Gasteiger partial charge in [-0.3, -0.25) is 0 Å². The van der Waals surface area contributed by atoms with E-state index in [1.165, 1.54) is 0 Å². The molecule has 0 atom stereocenters. The molecule has 15 heavy (non-hydrogen) atoms. The minimum Gasteiger partial charge on any atom is -0.455 e. The van der Waals surface area contributed by atoms with E-state index >= 15 is 0 Å². The van der Waals surface area contributed by atoms with Crippen LogP contribution in [0.25, 0.3) is 0 Å². The van der Waals surface area contributed by atoms with Crippen molar-refractivity contribution in [2.24, 2.45) is 0 Å². The van der Waals surface area contributed by atoms with Gasteiger partial charge in [-0.15, -0.1) is 33.2 Å². The summed E-state index contributed by atoms with van der Waals surface area (Å²) in [5.41, 5.74) is 0. The van der Waals surface area contributed by atoms with Gasteiger partial charge in [-0.1, -0.05) is 13.0 Å². The Morgan fingerprint density at radius 2 is 1.80 bits per heavy atom. The highest BCUT2D eigenvalue weighted by Gasteiger charge is 2.55. The Labute approximate surface area is 105 Å². The van der Waals surface area contributed by atoms with Crippen molar-refractivity contribution in [1.29, 1.82) is 0 Å². The summed E-state index contributed by atoms with van der Waals surface area (Å²) in [5, 5.41) is -0.846. The molecule has 0 unspecified atom stereocenters. The zero-order valence-electron chi connectivity index (χ0n) is 8.27. The monoisotopic (exact) mass is 286 g/mol. The van der Waals surface area contributed by atoms with Crippen LogP contribution in [0.1, 0.15) is 32.1 Å². The van der Waals surface area contributed by atoms with Crippen molar-refractivity contribution >= 4 is 45.2 Å². The van der Waals surface area contributed by atoms with Gasteiger partial charge in [0.1, 0.15) is 5.22 Å². The molecule has 1 saturated carbocycles. The van der Waals surface area contributed by atoms with Crippen molar-refractivity contribution in [1.82, 2.24) is 0 Å². The Bertz CT molecular complexity index is 257. The van der Waals surface area contributed by atoms with Crippen molar-refractivity contribution in [3.8, 4) is 0 Å². The largest absolute Gasteiger partial charge is 0.455 e. The van der Waals surface area contributed by atoms with Crippen molar-refractivity contribution < 1.29 is 9.53 Å². The van der Waals surface area contributed by atoms with Crippen molar-refractivity contribution in [2.45, 2.75) is 37.3 Å². The molecule has 0 saturated heterocycles. The lowest BCUT2D eigenvalue weighted by molar-refractivity contribution is -0.148. The molecule has 0 aliphatic heterocycles. The van der Waals surface area contributed by atoms with E-state index in [1.54, 1.807) is 0 Å². The van der Waals surface area contributed by atoms with E-state index in [9.17, 15) is 4.79 Å². The smallest absolute Gasteiger partial charge is 0.384 e. The number of rotatable bonds is 3. The van der Waals surface area contributed by atoms with E-state index < -0.39 is 17.2 Å². The fraction of sp³-hybridized carbons (Fsp3) is 0.667. The molecule has 0 aromatic rings. The van der Waals surface area contributed by atoms with E-state index in [2.05, 4.69) is 6.58 Å². The maximum Gasteiger partial charge on any atom is 0.384 e. The first-order chi connectivity index (χ1) is 6.91. The minimum atomic E-state index is -3.06. The van der Waals surface area contributed by atoms with Crippen LogP contribution in [0.2, 0.25) is 0 Å². The molecule has 0 heterocycles. The lowest BCUT2D eigenvalue weighted by Gasteiger charge is -2.39. The van der Waals surface area contributed by atoms with Crippen LogP contribution >= 0.6 is 33.2 Å². The predicted octanol–water partition coefficient (Wildman–Crippen LogP) is 3.61. The molecule has 2 nitrogen and oxygen atoms in total. The summed E-state index contributed by atoms with van der Waals surface area (Å²) in [6.45, 7) is 3.35. The lowest BCUT2D eigenvalue weighted by Crippen LogP contribution is -2.52. The van der Waals surface area contributed by atoms with Crippen LogP contribution in [0, 0.1) is 0 Å². The number of ether oxygens (including phenoxy) is 1. The number of carbonyl (C=O) groups excluding carboxylic acids is 1. The first kappa shape index (κ1) is 13.4. The molecule has 0 aromatic carbocycles. The number of carbonyl (C=O) groups is 1. The van der Waals surface area contributed by atoms with Gasteiger partial charge < -0.3 is 4.74 Å². The molecule has 0 spiro atoms. The lowest BCUT2D eigenvalue weighted by atomic mass is 9.97. The van der Waals surface area contributed by atoms with Crippen LogP contribution in [0.15, 0.2) is 12.7 Å². The predicted molar refractivity (Wildman–Crippen MR) is 65.4 cm³/mol. The van der Waals surface area contributed by atoms with Gasteiger partial charge in [-0.25, -0.2) is 4.79 Å². The second kappa shape index (κ2) is 5.08. The fourth-order valence-corrected chi connectivity index (χ4v) is 4.99. The highest BCUT2D eigenvalue weighted by molar-refractivity contribution is 7.65. The van der Waals surface area contributed by atoms with Crippen molar-refractivity contribution in [2.75, 3.05) is 0 Å². The average molecular weight is 288 g/mol. The summed E-state index contributed by atoms with van der Waals surface area (Å²) >= 11 is 18.1. The molecule has 6 heteroatoms. The molecule has 0 N–H and O–H groups in total. The van der Waals surface area contributed by atoms with Crippen LogP contribution in [0.4, 0.5) is 0 Å². The third kappa shape index (κ3) is 3.13. The van der Waals surface area contributed by atoms with E-state index in [0.29, 0.717) is 12.8 Å². The molecular weight excluding hydrogens is 275 g/mol. The van der Waals surface area contributed by atoms with Gasteiger partial charge >= 0.3 is 12.0 Å². The molecule has 86 valence electrons. The summed E-state index contributed by atoms with van der Waals surface area (Å²) in [5.74, 6) is -0.504. The summed E-state index contributed by atoms with van der Waals surface area (Å²) in [6, 6.07) is -3.06. The molecule has 1 fully saturated rings. The van der Waals surface area contributed by atoms with E-state index in [0.717, 1.165) is 25.3 Å². The molecule has 0 amide bonds. The minimum absolute atomic E-state index is 0.504. The van der Waals surface area contributed by atoms with Crippen LogP contribution in [0.5, 0.6) is 0 Å². The summed E-state index contributed by atoms with van der Waals surface area (Å²) in [4.78, 5) is 11.2. The second-order valence-electron chi connectivity index (χ2n) is 3.68. The topological polar surface area (TPSA) is 26.3 Å². The molecule has 1 aliphatic carbocycles. The van der Waals surface area contributed by atoms with Gasteiger partial charge in [0.2, 0.25) is 0 Å². The van der Waals surface area contributed by atoms with Gasteiger partial charge in [0.05, 0.1) is 0 Å².